The van der Waals surface area contributed by atoms with Crippen molar-refractivity contribution < 1.29 is 80.2 Å². The van der Waals surface area contributed by atoms with Crippen LogP contribution < -0.4 is 0 Å². The molecular weight excluding hydrogens is 1250 g/mol. The van der Waals surface area contributed by atoms with E-state index in [1.165, 1.54) is 193 Å². The van der Waals surface area contributed by atoms with E-state index < -0.39 is 97.5 Å². The largest absolute Gasteiger partial charge is 0.472 e. The minimum absolute atomic E-state index is 0.105. The molecule has 0 aliphatic rings. The zero-order valence-corrected chi connectivity index (χ0v) is 63.9. The minimum atomic E-state index is -4.96. The van der Waals surface area contributed by atoms with E-state index in [1.807, 2.05) is 0 Å². The highest BCUT2D eigenvalue weighted by atomic mass is 31.2. The van der Waals surface area contributed by atoms with Crippen LogP contribution in [0.1, 0.15) is 389 Å². The van der Waals surface area contributed by atoms with Crippen LogP contribution >= 0.6 is 15.6 Å². The van der Waals surface area contributed by atoms with E-state index in [1.54, 1.807) is 0 Å². The number of phosphoric ester groups is 2. The lowest BCUT2D eigenvalue weighted by atomic mass is 10.0. The number of aliphatic hydroxyl groups excluding tert-OH is 1. The van der Waals surface area contributed by atoms with Crippen LogP contribution in [-0.2, 0) is 65.4 Å². The third-order valence-corrected chi connectivity index (χ3v) is 19.5. The fourth-order valence-electron chi connectivity index (χ4n) is 11.6. The van der Waals surface area contributed by atoms with Crippen LogP contribution in [0.15, 0.2) is 0 Å². The number of phosphoric acid groups is 2. The van der Waals surface area contributed by atoms with Crippen LogP contribution in [0, 0.1) is 17.8 Å². The van der Waals surface area contributed by atoms with Crippen LogP contribution in [0.3, 0.4) is 0 Å². The second-order valence-corrected chi connectivity index (χ2v) is 31.7. The Bertz CT molecular complexity index is 1850. The van der Waals surface area contributed by atoms with Crippen molar-refractivity contribution in [1.82, 2.24) is 0 Å². The maximum atomic E-state index is 13.1. The molecule has 0 aliphatic heterocycles. The van der Waals surface area contributed by atoms with E-state index in [0.29, 0.717) is 31.6 Å². The molecule has 0 aromatic heterocycles. The molecule has 0 radical (unpaired) electrons. The van der Waals surface area contributed by atoms with E-state index in [0.717, 1.165) is 108 Å². The van der Waals surface area contributed by atoms with Gasteiger partial charge in [-0.05, 0) is 43.4 Å². The Morgan fingerprint density at radius 2 is 0.484 bits per heavy atom. The van der Waals surface area contributed by atoms with Crippen LogP contribution in [0.25, 0.3) is 0 Å². The van der Waals surface area contributed by atoms with Crippen molar-refractivity contribution in [2.75, 3.05) is 39.6 Å². The molecule has 0 saturated carbocycles. The van der Waals surface area contributed by atoms with Gasteiger partial charge >= 0.3 is 39.5 Å². The van der Waals surface area contributed by atoms with Crippen molar-refractivity contribution >= 4 is 39.5 Å². The molecule has 3 N–H and O–H groups in total. The smallest absolute Gasteiger partial charge is 0.462 e. The summed E-state index contributed by atoms with van der Waals surface area (Å²) in [5, 5.41) is 10.6. The van der Waals surface area contributed by atoms with Crippen molar-refractivity contribution in [2.24, 2.45) is 17.8 Å². The van der Waals surface area contributed by atoms with E-state index in [4.69, 9.17) is 37.0 Å². The highest BCUT2D eigenvalue weighted by Crippen LogP contribution is 2.45. The van der Waals surface area contributed by atoms with Gasteiger partial charge in [-0.15, -0.1) is 0 Å². The monoisotopic (exact) mass is 1400 g/mol. The van der Waals surface area contributed by atoms with Gasteiger partial charge in [-0.25, -0.2) is 9.13 Å². The number of unbranched alkanes of at least 4 members (excludes halogenated alkanes) is 42. The zero-order valence-electron chi connectivity index (χ0n) is 62.1. The molecule has 0 saturated heterocycles. The molecule has 95 heavy (non-hydrogen) atoms. The van der Waals surface area contributed by atoms with Crippen molar-refractivity contribution in [2.45, 2.75) is 407 Å². The number of aliphatic hydroxyl groups is 1. The average Bonchev–Trinajstić information content (AvgIpc) is 2.02. The Hall–Kier alpha value is -1.94. The lowest BCUT2D eigenvalue weighted by molar-refractivity contribution is -0.161. The lowest BCUT2D eigenvalue weighted by Crippen LogP contribution is -2.30. The third-order valence-electron chi connectivity index (χ3n) is 17.6. The first-order valence-electron chi connectivity index (χ1n) is 39.3. The maximum absolute atomic E-state index is 13.1. The van der Waals surface area contributed by atoms with Crippen molar-refractivity contribution in [3.8, 4) is 0 Å². The van der Waals surface area contributed by atoms with Crippen LogP contribution in [0.2, 0.25) is 0 Å². The molecule has 5 atom stereocenters. The van der Waals surface area contributed by atoms with Crippen LogP contribution in [-0.4, -0.2) is 96.7 Å². The summed E-state index contributed by atoms with van der Waals surface area (Å²) in [5.74, 6) is 0.0686. The Labute approximate surface area is 581 Å². The SMILES string of the molecule is CCCCCCCCCCCCCCCCCCCCCCC(=O)O[C@H](COC(=O)CCCCCCCCCCCCC(C)C)COP(=O)(O)OC[C@@H](O)COP(=O)(O)OC[C@@H](COC(=O)CCCCCCCCC(C)C)OC(=O)CCCCCCCCCCCCC(C)C. The zero-order chi connectivity index (χ0) is 70.1. The second kappa shape index (κ2) is 66.6. The molecular formula is C76H148O17P2. The molecule has 0 aromatic carbocycles. The molecule has 564 valence electrons. The molecule has 0 aliphatic carbocycles. The van der Waals surface area contributed by atoms with Gasteiger partial charge in [0, 0.05) is 25.7 Å². The first kappa shape index (κ1) is 93.1. The van der Waals surface area contributed by atoms with Gasteiger partial charge in [-0.1, -0.05) is 337 Å². The quantitative estimate of drug-likeness (QED) is 0.0222. The van der Waals surface area contributed by atoms with Gasteiger partial charge in [0.05, 0.1) is 26.4 Å². The van der Waals surface area contributed by atoms with Gasteiger partial charge < -0.3 is 33.8 Å². The summed E-state index contributed by atoms with van der Waals surface area (Å²) >= 11 is 0. The van der Waals surface area contributed by atoms with E-state index >= 15 is 0 Å². The van der Waals surface area contributed by atoms with E-state index in [2.05, 4.69) is 48.5 Å². The van der Waals surface area contributed by atoms with Crippen LogP contribution in [0.4, 0.5) is 0 Å². The molecule has 17 nitrogen and oxygen atoms in total. The molecule has 2 unspecified atom stereocenters. The number of carbonyl (C=O) groups is 4. The first-order chi connectivity index (χ1) is 45.7. The molecule has 0 spiro atoms. The third kappa shape index (κ3) is 70.3. The Morgan fingerprint density at radius 1 is 0.284 bits per heavy atom. The summed E-state index contributed by atoms with van der Waals surface area (Å²) in [6, 6.07) is 0. The topological polar surface area (TPSA) is 237 Å². The molecule has 0 fully saturated rings. The summed E-state index contributed by atoms with van der Waals surface area (Å²) in [6.45, 7) is 11.8. The predicted molar refractivity (Wildman–Crippen MR) is 386 cm³/mol. The highest BCUT2D eigenvalue weighted by Gasteiger charge is 2.30. The number of hydrogen-bond acceptors (Lipinski definition) is 15. The second-order valence-electron chi connectivity index (χ2n) is 28.8. The molecule has 0 aromatic rings. The Balaban J connectivity index is 5.21. The average molecular weight is 1400 g/mol. The number of esters is 4. The number of rotatable bonds is 74. The summed E-state index contributed by atoms with van der Waals surface area (Å²) in [7, 11) is -9.91. The Kier molecular flexibility index (Phi) is 65.2. The number of carbonyl (C=O) groups excluding carboxylic acids is 4. The molecule has 0 heterocycles. The van der Waals surface area contributed by atoms with Gasteiger partial charge in [0.2, 0.25) is 0 Å². The van der Waals surface area contributed by atoms with Gasteiger partial charge in [0.1, 0.15) is 19.3 Å². The first-order valence-corrected chi connectivity index (χ1v) is 42.3. The maximum Gasteiger partial charge on any atom is 0.472 e. The van der Waals surface area contributed by atoms with E-state index in [9.17, 15) is 43.2 Å². The normalized spacial score (nSPS) is 14.1. The summed E-state index contributed by atoms with van der Waals surface area (Å²) in [6.07, 6.45) is 53.0. The minimum Gasteiger partial charge on any atom is -0.462 e. The van der Waals surface area contributed by atoms with E-state index in [-0.39, 0.29) is 25.7 Å². The van der Waals surface area contributed by atoms with Gasteiger partial charge in [-0.3, -0.25) is 37.3 Å². The molecule has 0 bridgehead atoms. The molecule has 0 rings (SSSR count). The van der Waals surface area contributed by atoms with Crippen molar-refractivity contribution in [3.63, 3.8) is 0 Å². The molecule has 19 heteroatoms. The summed E-state index contributed by atoms with van der Waals surface area (Å²) < 4.78 is 68.5. The van der Waals surface area contributed by atoms with Crippen molar-refractivity contribution in [1.29, 1.82) is 0 Å². The summed E-state index contributed by atoms with van der Waals surface area (Å²) in [4.78, 5) is 72.7. The standard InChI is InChI=1S/C76H148O17P2/c1-8-9-10-11-12-13-14-15-16-17-18-19-20-21-22-23-31-36-45-52-59-75(80)92-71(63-86-73(78)57-50-43-35-30-26-24-28-33-40-47-54-67(2)3)65-90-94(82,83)88-61-70(77)62-89-95(84,85)91-66-72(64-87-74(79)58-51-44-39-38-42-49-56-69(6)7)93-76(81)60-53-46-37-32-27-25-29-34-41-48-55-68(4)5/h67-72,77H,8-66H2,1-7H3,(H,82,83)(H,84,85)/t70-,71-,72-/m1/s1. The van der Waals surface area contributed by atoms with Gasteiger partial charge in [-0.2, -0.15) is 0 Å². The molecule has 0 amide bonds. The number of ether oxygens (including phenoxy) is 4. The lowest BCUT2D eigenvalue weighted by Gasteiger charge is -2.21. The van der Waals surface area contributed by atoms with Crippen LogP contribution in [0.5, 0.6) is 0 Å². The highest BCUT2D eigenvalue weighted by molar-refractivity contribution is 7.47. The van der Waals surface area contributed by atoms with Gasteiger partial charge in [0.15, 0.2) is 12.2 Å². The predicted octanol–water partition coefficient (Wildman–Crippen LogP) is 22.2. The van der Waals surface area contributed by atoms with Crippen molar-refractivity contribution in [3.05, 3.63) is 0 Å². The fourth-order valence-corrected chi connectivity index (χ4v) is 13.2. The fraction of sp³-hybridized carbons (Fsp3) is 0.947. The number of hydrogen-bond donors (Lipinski definition) is 3. The summed E-state index contributed by atoms with van der Waals surface area (Å²) in [5.41, 5.74) is 0. The van der Waals surface area contributed by atoms with Gasteiger partial charge in [0.25, 0.3) is 0 Å². The Morgan fingerprint density at radius 3 is 0.716 bits per heavy atom.